The van der Waals surface area contributed by atoms with Gasteiger partial charge in [-0.2, -0.15) is 0 Å². The number of benzene rings is 1. The van der Waals surface area contributed by atoms with Crippen LogP contribution in [0.25, 0.3) is 0 Å². The van der Waals surface area contributed by atoms with Crippen molar-refractivity contribution in [3.8, 4) is 11.5 Å². The van der Waals surface area contributed by atoms with E-state index in [1.54, 1.807) is 31.2 Å². The summed E-state index contributed by atoms with van der Waals surface area (Å²) >= 11 is 0. The number of ether oxygens (including phenoxy) is 3. The lowest BCUT2D eigenvalue weighted by atomic mass is 10.2. The molecule has 1 aliphatic rings. The molecule has 1 aromatic rings. The van der Waals surface area contributed by atoms with Crippen molar-refractivity contribution in [3.05, 3.63) is 24.3 Å². The number of nitrogens with one attached hydrogen (secondary N) is 2. The minimum absolute atomic E-state index is 0.0134. The molecule has 8 heteroatoms. The van der Waals surface area contributed by atoms with E-state index in [0.29, 0.717) is 18.0 Å². The van der Waals surface area contributed by atoms with Crippen molar-refractivity contribution in [1.82, 2.24) is 10.6 Å². The van der Waals surface area contributed by atoms with Crippen molar-refractivity contribution in [2.24, 2.45) is 0 Å². The van der Waals surface area contributed by atoms with Crippen LogP contribution in [0, 0.1) is 0 Å². The molecule has 0 saturated carbocycles. The van der Waals surface area contributed by atoms with Gasteiger partial charge < -0.3 is 19.5 Å². The predicted molar refractivity (Wildman–Crippen MR) is 79.1 cm³/mol. The lowest BCUT2D eigenvalue weighted by molar-refractivity contribution is -0.163. The first-order chi connectivity index (χ1) is 11.0. The number of hydrogen-bond acceptors (Lipinski definition) is 6. The van der Waals surface area contributed by atoms with Gasteiger partial charge in [0, 0.05) is 6.54 Å². The van der Waals surface area contributed by atoms with E-state index >= 15 is 0 Å². The SMILES string of the molecule is CCNC(=O)NC(=O)[C@H](C)OC(=O)[C@@H]1COc2ccccc2O1. The number of fused-ring (bicyclic) bond motifs is 1. The Morgan fingerprint density at radius 1 is 1.30 bits per heavy atom. The predicted octanol–water partition coefficient (Wildman–Crippen LogP) is 0.604. The van der Waals surface area contributed by atoms with Crippen LogP contribution in [0.4, 0.5) is 4.79 Å². The van der Waals surface area contributed by atoms with Crippen LogP contribution in [-0.2, 0) is 14.3 Å². The molecule has 0 fully saturated rings. The molecule has 0 bridgehead atoms. The highest BCUT2D eigenvalue weighted by Gasteiger charge is 2.31. The van der Waals surface area contributed by atoms with Gasteiger partial charge in [0.15, 0.2) is 17.6 Å². The van der Waals surface area contributed by atoms with Crippen molar-refractivity contribution < 1.29 is 28.6 Å². The molecule has 1 aliphatic heterocycles. The van der Waals surface area contributed by atoms with E-state index in [4.69, 9.17) is 14.2 Å². The third-order valence-electron chi connectivity index (χ3n) is 3.01. The number of amides is 3. The number of imide groups is 1. The second-order valence-corrected chi connectivity index (χ2v) is 4.79. The van der Waals surface area contributed by atoms with Crippen LogP contribution in [0.3, 0.4) is 0 Å². The van der Waals surface area contributed by atoms with Gasteiger partial charge in [-0.05, 0) is 26.0 Å². The molecule has 3 amide bonds. The average Bonchev–Trinajstić information content (AvgIpc) is 2.54. The summed E-state index contributed by atoms with van der Waals surface area (Å²) in [7, 11) is 0. The molecule has 1 heterocycles. The smallest absolute Gasteiger partial charge is 0.351 e. The van der Waals surface area contributed by atoms with Gasteiger partial charge in [0.25, 0.3) is 5.91 Å². The maximum Gasteiger partial charge on any atom is 0.351 e. The van der Waals surface area contributed by atoms with Gasteiger partial charge in [-0.25, -0.2) is 9.59 Å². The Kier molecular flexibility index (Phi) is 5.40. The van der Waals surface area contributed by atoms with Crippen LogP contribution in [0.15, 0.2) is 24.3 Å². The van der Waals surface area contributed by atoms with Gasteiger partial charge >= 0.3 is 12.0 Å². The standard InChI is InChI=1S/C15H18N2O6/c1-3-16-15(20)17-13(18)9(2)22-14(19)12-8-21-10-6-4-5-7-11(10)23-12/h4-7,9,12H,3,8H2,1-2H3,(H2,16,17,18,20)/t9-,12-/m0/s1. The van der Waals surface area contributed by atoms with Crippen LogP contribution < -0.4 is 20.1 Å². The Morgan fingerprint density at radius 3 is 2.70 bits per heavy atom. The quantitative estimate of drug-likeness (QED) is 0.787. The normalized spacial score (nSPS) is 16.9. The Balaban J connectivity index is 1.87. The molecule has 124 valence electrons. The monoisotopic (exact) mass is 322 g/mol. The van der Waals surface area contributed by atoms with Gasteiger partial charge in [0.2, 0.25) is 6.10 Å². The van der Waals surface area contributed by atoms with Crippen LogP contribution >= 0.6 is 0 Å². The molecule has 0 radical (unpaired) electrons. The van der Waals surface area contributed by atoms with Crippen LogP contribution in [-0.4, -0.2) is 43.3 Å². The Hall–Kier alpha value is -2.77. The summed E-state index contributed by atoms with van der Waals surface area (Å²) in [5.41, 5.74) is 0. The van der Waals surface area contributed by atoms with Crippen molar-refractivity contribution in [3.63, 3.8) is 0 Å². The number of esters is 1. The van der Waals surface area contributed by atoms with E-state index < -0.39 is 30.1 Å². The van der Waals surface area contributed by atoms with Gasteiger partial charge in [-0.1, -0.05) is 12.1 Å². The fourth-order valence-electron chi connectivity index (χ4n) is 1.86. The van der Waals surface area contributed by atoms with E-state index in [2.05, 4.69) is 10.6 Å². The Labute approximate surface area is 133 Å². The molecule has 2 atom stereocenters. The minimum Gasteiger partial charge on any atom is -0.485 e. The number of hydrogen-bond donors (Lipinski definition) is 2. The molecule has 2 N–H and O–H groups in total. The number of rotatable bonds is 4. The first-order valence-electron chi connectivity index (χ1n) is 7.19. The summed E-state index contributed by atoms with van der Waals surface area (Å²) in [6, 6.07) is 6.28. The van der Waals surface area contributed by atoms with Crippen LogP contribution in [0.1, 0.15) is 13.8 Å². The second kappa shape index (κ2) is 7.48. The van der Waals surface area contributed by atoms with Gasteiger partial charge in [0.1, 0.15) is 6.61 Å². The van der Waals surface area contributed by atoms with E-state index in [1.807, 2.05) is 0 Å². The number of carbonyl (C=O) groups is 3. The highest BCUT2D eigenvalue weighted by molar-refractivity contribution is 5.97. The Bertz CT molecular complexity index is 603. The second-order valence-electron chi connectivity index (χ2n) is 4.79. The van der Waals surface area contributed by atoms with E-state index in [1.165, 1.54) is 6.92 Å². The van der Waals surface area contributed by atoms with Crippen LogP contribution in [0.5, 0.6) is 11.5 Å². The first kappa shape index (κ1) is 16.6. The van der Waals surface area contributed by atoms with Gasteiger partial charge in [-0.15, -0.1) is 0 Å². The summed E-state index contributed by atoms with van der Waals surface area (Å²) in [6.45, 7) is 3.44. The molecule has 0 saturated heterocycles. The zero-order chi connectivity index (χ0) is 16.8. The van der Waals surface area contributed by atoms with E-state index in [9.17, 15) is 14.4 Å². The van der Waals surface area contributed by atoms with Gasteiger partial charge in [-0.3, -0.25) is 10.1 Å². The van der Waals surface area contributed by atoms with E-state index in [-0.39, 0.29) is 6.61 Å². The van der Waals surface area contributed by atoms with Crippen molar-refractivity contribution in [2.75, 3.05) is 13.2 Å². The molecule has 0 spiro atoms. The molecule has 0 aromatic heterocycles. The van der Waals surface area contributed by atoms with Crippen LogP contribution in [0.2, 0.25) is 0 Å². The topological polar surface area (TPSA) is 103 Å². The molecular weight excluding hydrogens is 304 g/mol. The molecule has 0 aliphatic carbocycles. The summed E-state index contributed by atoms with van der Waals surface area (Å²) in [6.07, 6.45) is -2.10. The maximum atomic E-state index is 12.0. The number of para-hydroxylation sites is 2. The van der Waals surface area contributed by atoms with Crippen molar-refractivity contribution in [2.45, 2.75) is 26.1 Å². The Morgan fingerprint density at radius 2 is 2.00 bits per heavy atom. The summed E-state index contributed by atoms with van der Waals surface area (Å²) in [5.74, 6) is -0.488. The van der Waals surface area contributed by atoms with Crippen molar-refractivity contribution >= 4 is 17.9 Å². The third-order valence-corrected chi connectivity index (χ3v) is 3.01. The van der Waals surface area contributed by atoms with E-state index in [0.717, 1.165) is 0 Å². The summed E-state index contributed by atoms with van der Waals surface area (Å²) < 4.78 is 15.9. The summed E-state index contributed by atoms with van der Waals surface area (Å²) in [5, 5.41) is 4.47. The lowest BCUT2D eigenvalue weighted by Crippen LogP contribution is -2.46. The zero-order valence-corrected chi connectivity index (χ0v) is 12.8. The molecule has 8 nitrogen and oxygen atoms in total. The molecule has 23 heavy (non-hydrogen) atoms. The maximum absolute atomic E-state index is 12.0. The van der Waals surface area contributed by atoms with Gasteiger partial charge in [0.05, 0.1) is 0 Å². The zero-order valence-electron chi connectivity index (χ0n) is 12.8. The minimum atomic E-state index is -1.13. The number of urea groups is 1. The molecule has 2 rings (SSSR count). The number of carbonyl (C=O) groups excluding carboxylic acids is 3. The fraction of sp³-hybridized carbons (Fsp3) is 0.400. The highest BCUT2D eigenvalue weighted by atomic mass is 16.6. The third kappa shape index (κ3) is 4.35. The largest absolute Gasteiger partial charge is 0.485 e. The van der Waals surface area contributed by atoms with Crippen molar-refractivity contribution in [1.29, 1.82) is 0 Å². The molecular formula is C15H18N2O6. The summed E-state index contributed by atoms with van der Waals surface area (Å²) in [4.78, 5) is 35.0. The average molecular weight is 322 g/mol. The first-order valence-corrected chi connectivity index (χ1v) is 7.19. The highest BCUT2D eigenvalue weighted by Crippen LogP contribution is 2.31. The molecule has 0 unspecified atom stereocenters. The lowest BCUT2D eigenvalue weighted by Gasteiger charge is -2.25. The molecule has 1 aromatic carbocycles. The fourth-order valence-corrected chi connectivity index (χ4v) is 1.86.